The molecule has 7 nitrogen and oxygen atoms in total. The van der Waals surface area contributed by atoms with Crippen LogP contribution in [0.15, 0.2) is 41.4 Å². The lowest BCUT2D eigenvalue weighted by atomic mass is 10.1. The van der Waals surface area contributed by atoms with E-state index in [1.54, 1.807) is 24.4 Å². The third kappa shape index (κ3) is 4.99. The summed E-state index contributed by atoms with van der Waals surface area (Å²) >= 11 is 0. The minimum atomic E-state index is -3.84. The van der Waals surface area contributed by atoms with Gasteiger partial charge in [-0.25, -0.2) is 13.4 Å². The first kappa shape index (κ1) is 18.9. The first-order valence-electron chi connectivity index (χ1n) is 7.64. The van der Waals surface area contributed by atoms with Crippen molar-refractivity contribution in [3.8, 4) is 11.5 Å². The predicted molar refractivity (Wildman–Crippen MR) is 98.0 cm³/mol. The van der Waals surface area contributed by atoms with E-state index in [0.717, 1.165) is 5.69 Å². The summed E-state index contributed by atoms with van der Waals surface area (Å²) in [5.41, 5.74) is 0.691. The summed E-state index contributed by atoms with van der Waals surface area (Å²) in [5, 5.41) is 3.26. The van der Waals surface area contributed by atoms with Crippen LogP contribution in [0.1, 0.15) is 20.8 Å². The molecule has 1 aromatic heterocycles. The van der Waals surface area contributed by atoms with Gasteiger partial charge in [-0.2, -0.15) is 0 Å². The van der Waals surface area contributed by atoms with Crippen molar-refractivity contribution >= 4 is 21.5 Å². The number of anilines is 2. The summed E-state index contributed by atoms with van der Waals surface area (Å²) in [6.45, 7) is 6.08. The van der Waals surface area contributed by atoms with Gasteiger partial charge in [0.2, 0.25) is 0 Å². The number of pyridine rings is 1. The molecule has 0 aliphatic heterocycles. The summed E-state index contributed by atoms with van der Waals surface area (Å²) in [5.74, 6) is 0.918. The predicted octanol–water partition coefficient (Wildman–Crippen LogP) is 3.11. The van der Waals surface area contributed by atoms with E-state index in [9.17, 15) is 8.42 Å². The van der Waals surface area contributed by atoms with Gasteiger partial charge in [-0.05, 0) is 45.0 Å². The van der Waals surface area contributed by atoms with Crippen molar-refractivity contribution in [3.63, 3.8) is 0 Å². The lowest BCUT2D eigenvalue weighted by Gasteiger charge is -2.21. The molecule has 0 fully saturated rings. The van der Waals surface area contributed by atoms with Crippen LogP contribution in [0.3, 0.4) is 0 Å². The lowest BCUT2D eigenvalue weighted by molar-refractivity contribution is 0.386. The number of ether oxygens (including phenoxy) is 2. The van der Waals surface area contributed by atoms with Crippen LogP contribution in [0, 0.1) is 0 Å². The van der Waals surface area contributed by atoms with Crippen molar-refractivity contribution in [2.75, 3.05) is 24.3 Å². The van der Waals surface area contributed by atoms with Crippen molar-refractivity contribution in [2.45, 2.75) is 31.2 Å². The molecule has 0 saturated heterocycles. The molecule has 0 aliphatic carbocycles. The topological polar surface area (TPSA) is 89.6 Å². The lowest BCUT2D eigenvalue weighted by Crippen LogP contribution is -2.26. The molecule has 0 radical (unpaired) electrons. The maximum atomic E-state index is 12.6. The molecule has 0 amide bonds. The van der Waals surface area contributed by atoms with Crippen LogP contribution in [0.5, 0.6) is 11.5 Å². The van der Waals surface area contributed by atoms with Crippen LogP contribution >= 0.6 is 0 Å². The standard InChI is InChI=1S/C17H23N3O4S/c1-17(2,3)19-12-6-9-16(18-11-12)20-25(21,22)15-8-7-13(23-4)10-14(15)24-5/h6-11,19H,1-5H3,(H,18,20). The minimum absolute atomic E-state index is 0.00879. The Bertz CT molecular complexity index is 828. The number of hydrogen-bond donors (Lipinski definition) is 2. The molecule has 1 aromatic carbocycles. The number of sulfonamides is 1. The van der Waals surface area contributed by atoms with Gasteiger partial charge in [0.1, 0.15) is 22.2 Å². The molecule has 1 heterocycles. The second-order valence-corrected chi connectivity index (χ2v) is 8.08. The van der Waals surface area contributed by atoms with Gasteiger partial charge in [0.05, 0.1) is 26.1 Å². The molecular formula is C17H23N3O4S. The molecule has 0 atom stereocenters. The van der Waals surface area contributed by atoms with Crippen molar-refractivity contribution in [1.29, 1.82) is 0 Å². The molecule has 8 heteroatoms. The first-order valence-corrected chi connectivity index (χ1v) is 9.12. The highest BCUT2D eigenvalue weighted by Crippen LogP contribution is 2.29. The van der Waals surface area contributed by atoms with E-state index in [1.165, 1.54) is 26.4 Å². The third-order valence-electron chi connectivity index (χ3n) is 3.18. The molecule has 2 rings (SSSR count). The van der Waals surface area contributed by atoms with Crippen molar-refractivity contribution in [2.24, 2.45) is 0 Å². The fourth-order valence-electron chi connectivity index (χ4n) is 2.15. The van der Waals surface area contributed by atoms with Gasteiger partial charge in [0, 0.05) is 11.6 Å². The molecule has 2 aromatic rings. The molecule has 0 spiro atoms. The average molecular weight is 365 g/mol. The molecule has 0 bridgehead atoms. The number of aromatic nitrogens is 1. The molecule has 136 valence electrons. The normalized spacial score (nSPS) is 11.7. The second kappa shape index (κ2) is 7.18. The van der Waals surface area contributed by atoms with Gasteiger partial charge < -0.3 is 14.8 Å². The van der Waals surface area contributed by atoms with Gasteiger partial charge in [-0.3, -0.25) is 4.72 Å². The smallest absolute Gasteiger partial charge is 0.266 e. The maximum absolute atomic E-state index is 12.6. The number of rotatable bonds is 6. The van der Waals surface area contributed by atoms with E-state index in [1.807, 2.05) is 20.8 Å². The SMILES string of the molecule is COc1ccc(S(=O)(=O)Nc2ccc(NC(C)(C)C)cn2)c(OC)c1. The highest BCUT2D eigenvalue weighted by molar-refractivity contribution is 7.92. The quantitative estimate of drug-likeness (QED) is 0.817. The summed E-state index contributed by atoms with van der Waals surface area (Å²) < 4.78 is 37.9. The maximum Gasteiger partial charge on any atom is 0.266 e. The fraction of sp³-hybridized carbons (Fsp3) is 0.353. The van der Waals surface area contributed by atoms with Gasteiger partial charge >= 0.3 is 0 Å². The van der Waals surface area contributed by atoms with E-state index < -0.39 is 10.0 Å². The van der Waals surface area contributed by atoms with Crippen LogP contribution in [-0.4, -0.2) is 33.2 Å². The van der Waals surface area contributed by atoms with Crippen molar-refractivity contribution < 1.29 is 17.9 Å². The van der Waals surface area contributed by atoms with Crippen molar-refractivity contribution in [1.82, 2.24) is 4.98 Å². The number of nitrogens with zero attached hydrogens (tertiary/aromatic N) is 1. The summed E-state index contributed by atoms with van der Waals surface area (Å²) in [6.07, 6.45) is 1.58. The Morgan fingerprint density at radius 2 is 1.76 bits per heavy atom. The Morgan fingerprint density at radius 3 is 2.28 bits per heavy atom. The fourth-order valence-corrected chi connectivity index (χ4v) is 3.31. The zero-order valence-electron chi connectivity index (χ0n) is 15.0. The third-order valence-corrected chi connectivity index (χ3v) is 4.58. The van der Waals surface area contributed by atoms with E-state index >= 15 is 0 Å². The summed E-state index contributed by atoms with van der Waals surface area (Å²) in [7, 11) is -0.942. The second-order valence-electron chi connectivity index (χ2n) is 6.43. The van der Waals surface area contributed by atoms with Crippen LogP contribution in [0.2, 0.25) is 0 Å². The molecular weight excluding hydrogens is 342 g/mol. The molecule has 0 saturated carbocycles. The Balaban J connectivity index is 2.24. The van der Waals surface area contributed by atoms with Gasteiger partial charge in [0.15, 0.2) is 0 Å². The number of hydrogen-bond acceptors (Lipinski definition) is 6. The van der Waals surface area contributed by atoms with Crippen LogP contribution in [0.25, 0.3) is 0 Å². The molecule has 0 aliphatic rings. The van der Waals surface area contributed by atoms with E-state index in [2.05, 4.69) is 15.0 Å². The monoisotopic (exact) mass is 365 g/mol. The van der Waals surface area contributed by atoms with Gasteiger partial charge in [-0.15, -0.1) is 0 Å². The molecule has 25 heavy (non-hydrogen) atoms. The van der Waals surface area contributed by atoms with E-state index in [0.29, 0.717) is 5.75 Å². The number of methoxy groups -OCH3 is 2. The van der Waals surface area contributed by atoms with Gasteiger partial charge in [0.25, 0.3) is 10.0 Å². The molecule has 0 unspecified atom stereocenters. The Labute approximate surface area is 148 Å². The van der Waals surface area contributed by atoms with Crippen LogP contribution < -0.4 is 19.5 Å². The highest BCUT2D eigenvalue weighted by atomic mass is 32.2. The summed E-state index contributed by atoms with van der Waals surface area (Å²) in [6, 6.07) is 7.86. The van der Waals surface area contributed by atoms with Crippen molar-refractivity contribution in [3.05, 3.63) is 36.5 Å². The average Bonchev–Trinajstić information content (AvgIpc) is 2.54. The molecule has 2 N–H and O–H groups in total. The largest absolute Gasteiger partial charge is 0.497 e. The van der Waals surface area contributed by atoms with Crippen LogP contribution in [-0.2, 0) is 10.0 Å². The van der Waals surface area contributed by atoms with E-state index in [4.69, 9.17) is 9.47 Å². The summed E-state index contributed by atoms with van der Waals surface area (Å²) in [4.78, 5) is 4.15. The zero-order chi connectivity index (χ0) is 18.7. The van der Waals surface area contributed by atoms with Gasteiger partial charge in [-0.1, -0.05) is 0 Å². The Morgan fingerprint density at radius 1 is 1.04 bits per heavy atom. The Hall–Kier alpha value is -2.48. The van der Waals surface area contributed by atoms with E-state index in [-0.39, 0.29) is 22.0 Å². The zero-order valence-corrected chi connectivity index (χ0v) is 15.8. The van der Waals surface area contributed by atoms with Crippen LogP contribution in [0.4, 0.5) is 11.5 Å². The minimum Gasteiger partial charge on any atom is -0.497 e. The number of nitrogens with one attached hydrogen (secondary N) is 2. The highest BCUT2D eigenvalue weighted by Gasteiger charge is 2.21. The Kier molecular flexibility index (Phi) is 5.42. The first-order chi connectivity index (χ1) is 11.6. The number of benzene rings is 1.